The molecule has 6 nitrogen and oxygen atoms in total. The minimum Gasteiger partial charge on any atom is -0.435 e. The van der Waals surface area contributed by atoms with Gasteiger partial charge in [-0.25, -0.2) is 4.98 Å². The van der Waals surface area contributed by atoms with E-state index in [1.807, 2.05) is 30.3 Å². The van der Waals surface area contributed by atoms with Crippen molar-refractivity contribution in [3.63, 3.8) is 0 Å². The largest absolute Gasteiger partial charge is 0.435 e. The van der Waals surface area contributed by atoms with Crippen LogP contribution >= 0.6 is 0 Å². The topological polar surface area (TPSA) is 79.3 Å². The van der Waals surface area contributed by atoms with E-state index in [1.165, 1.54) is 12.1 Å². The zero-order chi connectivity index (χ0) is 19.8. The fourth-order valence-electron chi connectivity index (χ4n) is 2.49. The standard InChI is InChI=1S/C20H20F2N4O2/c21-19(22)28-16-9-7-15(8-10-16)24-18-13-17(14-5-2-1-3-6-14)25-20(26-18)23-11-4-12-27/h1-3,5-10,13,19,27H,4,11-12H2,(H2,23,24,25,26). The molecule has 8 heteroatoms. The highest BCUT2D eigenvalue weighted by molar-refractivity contribution is 5.67. The second kappa shape index (κ2) is 9.61. The molecule has 0 radical (unpaired) electrons. The van der Waals surface area contributed by atoms with E-state index in [2.05, 4.69) is 25.3 Å². The molecule has 0 amide bonds. The lowest BCUT2D eigenvalue weighted by Crippen LogP contribution is -2.08. The van der Waals surface area contributed by atoms with Gasteiger partial charge in [-0.3, -0.25) is 0 Å². The smallest absolute Gasteiger partial charge is 0.387 e. The molecule has 0 bridgehead atoms. The van der Waals surface area contributed by atoms with E-state index in [9.17, 15) is 8.78 Å². The fourth-order valence-corrected chi connectivity index (χ4v) is 2.49. The van der Waals surface area contributed by atoms with Crippen molar-refractivity contribution < 1.29 is 18.6 Å². The van der Waals surface area contributed by atoms with Crippen LogP contribution in [0.3, 0.4) is 0 Å². The van der Waals surface area contributed by atoms with Crippen LogP contribution in [0.1, 0.15) is 6.42 Å². The number of ether oxygens (including phenoxy) is 1. The molecule has 3 rings (SSSR count). The molecular weight excluding hydrogens is 366 g/mol. The summed E-state index contributed by atoms with van der Waals surface area (Å²) in [5, 5.41) is 15.2. The summed E-state index contributed by atoms with van der Waals surface area (Å²) < 4.78 is 28.9. The van der Waals surface area contributed by atoms with E-state index in [0.29, 0.717) is 30.4 Å². The van der Waals surface area contributed by atoms with Crippen LogP contribution in [0.5, 0.6) is 5.75 Å². The third-order valence-corrected chi connectivity index (χ3v) is 3.77. The number of anilines is 3. The van der Waals surface area contributed by atoms with Gasteiger partial charge in [-0.2, -0.15) is 13.8 Å². The molecule has 0 aliphatic heterocycles. The Bertz CT molecular complexity index is 877. The van der Waals surface area contributed by atoms with E-state index in [1.54, 1.807) is 18.2 Å². The summed E-state index contributed by atoms with van der Waals surface area (Å²) in [5.41, 5.74) is 2.32. The molecule has 3 N–H and O–H groups in total. The minimum absolute atomic E-state index is 0.0729. The summed E-state index contributed by atoms with van der Waals surface area (Å²) in [6.45, 7) is -2.25. The Morgan fingerprint density at radius 3 is 2.43 bits per heavy atom. The highest BCUT2D eigenvalue weighted by atomic mass is 19.3. The molecule has 0 fully saturated rings. The monoisotopic (exact) mass is 386 g/mol. The van der Waals surface area contributed by atoms with Crippen molar-refractivity contribution in [2.75, 3.05) is 23.8 Å². The molecule has 0 aliphatic carbocycles. The van der Waals surface area contributed by atoms with Gasteiger partial charge in [0.05, 0.1) is 5.69 Å². The predicted octanol–water partition coefficient (Wildman–Crippen LogP) is 4.28. The van der Waals surface area contributed by atoms with Crippen molar-refractivity contribution in [1.82, 2.24) is 9.97 Å². The maximum Gasteiger partial charge on any atom is 0.387 e. The van der Waals surface area contributed by atoms with Crippen molar-refractivity contribution in [3.8, 4) is 17.0 Å². The molecule has 1 heterocycles. The number of aliphatic hydroxyl groups excluding tert-OH is 1. The Morgan fingerprint density at radius 2 is 1.75 bits per heavy atom. The summed E-state index contributed by atoms with van der Waals surface area (Å²) >= 11 is 0. The maximum atomic E-state index is 12.3. The Labute approximate surface area is 161 Å². The van der Waals surface area contributed by atoms with Gasteiger partial charge in [-0.1, -0.05) is 30.3 Å². The Kier molecular flexibility index (Phi) is 6.69. The highest BCUT2D eigenvalue weighted by Gasteiger charge is 2.08. The average Bonchev–Trinajstić information content (AvgIpc) is 2.70. The zero-order valence-corrected chi connectivity index (χ0v) is 15.0. The Balaban J connectivity index is 1.83. The van der Waals surface area contributed by atoms with Crippen LogP contribution in [0.15, 0.2) is 60.7 Å². The summed E-state index contributed by atoms with van der Waals surface area (Å²) in [6, 6.07) is 17.6. The molecule has 3 aromatic rings. The van der Waals surface area contributed by atoms with Gasteiger partial charge in [0.2, 0.25) is 5.95 Å². The number of nitrogens with one attached hydrogen (secondary N) is 2. The first kappa shape index (κ1) is 19.5. The number of nitrogens with zero attached hydrogens (tertiary/aromatic N) is 2. The van der Waals surface area contributed by atoms with Gasteiger partial charge in [0.1, 0.15) is 11.6 Å². The predicted molar refractivity (Wildman–Crippen MR) is 104 cm³/mol. The van der Waals surface area contributed by atoms with Gasteiger partial charge in [-0.15, -0.1) is 0 Å². The second-order valence-corrected chi connectivity index (χ2v) is 5.86. The first-order chi connectivity index (χ1) is 13.6. The number of benzene rings is 2. The summed E-state index contributed by atoms with van der Waals surface area (Å²) in [7, 11) is 0. The highest BCUT2D eigenvalue weighted by Crippen LogP contribution is 2.25. The van der Waals surface area contributed by atoms with Crippen LogP contribution in [-0.4, -0.2) is 34.8 Å². The third-order valence-electron chi connectivity index (χ3n) is 3.77. The van der Waals surface area contributed by atoms with Gasteiger partial charge in [0.15, 0.2) is 0 Å². The summed E-state index contributed by atoms with van der Waals surface area (Å²) in [4.78, 5) is 8.95. The van der Waals surface area contributed by atoms with Crippen LogP contribution in [0.25, 0.3) is 11.3 Å². The molecule has 0 unspecified atom stereocenters. The van der Waals surface area contributed by atoms with E-state index in [4.69, 9.17) is 5.11 Å². The average molecular weight is 386 g/mol. The maximum absolute atomic E-state index is 12.3. The Hall–Kier alpha value is -3.26. The molecule has 2 aromatic carbocycles. The first-order valence-corrected chi connectivity index (χ1v) is 8.75. The van der Waals surface area contributed by atoms with Crippen molar-refractivity contribution in [3.05, 3.63) is 60.7 Å². The molecule has 0 aliphatic rings. The van der Waals surface area contributed by atoms with E-state index >= 15 is 0 Å². The molecule has 28 heavy (non-hydrogen) atoms. The third kappa shape index (κ3) is 5.62. The van der Waals surface area contributed by atoms with Crippen LogP contribution in [-0.2, 0) is 0 Å². The molecule has 0 atom stereocenters. The number of alkyl halides is 2. The number of hydrogen-bond donors (Lipinski definition) is 3. The van der Waals surface area contributed by atoms with Crippen molar-refractivity contribution >= 4 is 17.5 Å². The lowest BCUT2D eigenvalue weighted by atomic mass is 10.1. The van der Waals surface area contributed by atoms with Crippen molar-refractivity contribution in [1.29, 1.82) is 0 Å². The van der Waals surface area contributed by atoms with E-state index in [0.717, 1.165) is 11.3 Å². The van der Waals surface area contributed by atoms with Gasteiger partial charge in [0.25, 0.3) is 0 Å². The molecular formula is C20H20F2N4O2. The second-order valence-electron chi connectivity index (χ2n) is 5.86. The van der Waals surface area contributed by atoms with Crippen LogP contribution in [0.2, 0.25) is 0 Å². The first-order valence-electron chi connectivity index (χ1n) is 8.75. The zero-order valence-electron chi connectivity index (χ0n) is 15.0. The molecule has 1 aromatic heterocycles. The van der Waals surface area contributed by atoms with E-state index in [-0.39, 0.29) is 12.4 Å². The van der Waals surface area contributed by atoms with Gasteiger partial charge < -0.3 is 20.5 Å². The van der Waals surface area contributed by atoms with Crippen LogP contribution in [0, 0.1) is 0 Å². The number of aliphatic hydroxyl groups is 1. The summed E-state index contributed by atoms with van der Waals surface area (Å²) in [5.74, 6) is 1.05. The molecule has 146 valence electrons. The van der Waals surface area contributed by atoms with Crippen molar-refractivity contribution in [2.24, 2.45) is 0 Å². The SMILES string of the molecule is OCCCNc1nc(Nc2ccc(OC(F)F)cc2)cc(-c2ccccc2)n1. The van der Waals surface area contributed by atoms with Gasteiger partial charge >= 0.3 is 6.61 Å². The normalized spacial score (nSPS) is 10.7. The molecule has 0 saturated carbocycles. The summed E-state index contributed by atoms with van der Waals surface area (Å²) in [6.07, 6.45) is 0.577. The number of hydrogen-bond acceptors (Lipinski definition) is 6. The lowest BCUT2D eigenvalue weighted by Gasteiger charge is -2.12. The fraction of sp³-hybridized carbons (Fsp3) is 0.200. The molecule has 0 saturated heterocycles. The Morgan fingerprint density at radius 1 is 1.00 bits per heavy atom. The molecule has 0 spiro atoms. The van der Waals surface area contributed by atoms with Crippen LogP contribution < -0.4 is 15.4 Å². The number of rotatable bonds is 9. The van der Waals surface area contributed by atoms with Gasteiger partial charge in [-0.05, 0) is 30.7 Å². The quantitative estimate of drug-likeness (QED) is 0.476. The number of halogens is 2. The number of aromatic nitrogens is 2. The van der Waals surface area contributed by atoms with E-state index < -0.39 is 6.61 Å². The lowest BCUT2D eigenvalue weighted by molar-refractivity contribution is -0.0498. The van der Waals surface area contributed by atoms with Crippen LogP contribution in [0.4, 0.5) is 26.2 Å². The van der Waals surface area contributed by atoms with Gasteiger partial charge in [0, 0.05) is 30.5 Å². The minimum atomic E-state index is -2.86. The van der Waals surface area contributed by atoms with Crippen molar-refractivity contribution in [2.45, 2.75) is 13.0 Å².